The van der Waals surface area contributed by atoms with E-state index >= 15 is 0 Å². The average Bonchev–Trinajstić information content (AvgIpc) is 2.80. The van der Waals surface area contributed by atoms with Gasteiger partial charge in [0, 0.05) is 5.56 Å². The van der Waals surface area contributed by atoms with Crippen LogP contribution in [0.2, 0.25) is 0 Å². The Morgan fingerprint density at radius 3 is 2.29 bits per heavy atom. The molecular weight excluding hydrogens is 264 g/mol. The van der Waals surface area contributed by atoms with Crippen molar-refractivity contribution in [3.8, 4) is 0 Å². The first kappa shape index (κ1) is 15.5. The lowest BCUT2D eigenvalue weighted by Gasteiger charge is -2.31. The van der Waals surface area contributed by atoms with Gasteiger partial charge in [0.15, 0.2) is 11.2 Å². The van der Waals surface area contributed by atoms with Crippen LogP contribution < -0.4 is 0 Å². The van der Waals surface area contributed by atoms with Crippen LogP contribution in [-0.2, 0) is 9.53 Å². The van der Waals surface area contributed by atoms with Crippen molar-refractivity contribution in [2.45, 2.75) is 45.6 Å². The van der Waals surface area contributed by atoms with Gasteiger partial charge in [-0.3, -0.25) is 9.59 Å². The lowest BCUT2D eigenvalue weighted by Crippen LogP contribution is -2.42. The topological polar surface area (TPSA) is 43.4 Å². The van der Waals surface area contributed by atoms with Crippen LogP contribution in [0.5, 0.6) is 0 Å². The van der Waals surface area contributed by atoms with E-state index in [0.717, 1.165) is 6.42 Å². The van der Waals surface area contributed by atoms with Crippen LogP contribution in [0.15, 0.2) is 42.5 Å². The summed E-state index contributed by atoms with van der Waals surface area (Å²) in [6.07, 6.45) is 1.96. The second-order valence-corrected chi connectivity index (χ2v) is 6.56. The molecule has 1 aromatic carbocycles. The number of ether oxygens (including phenoxy) is 1. The van der Waals surface area contributed by atoms with Crippen LogP contribution in [0.4, 0.5) is 0 Å². The van der Waals surface area contributed by atoms with Gasteiger partial charge in [-0.25, -0.2) is 0 Å². The minimum atomic E-state index is -1.21. The summed E-state index contributed by atoms with van der Waals surface area (Å²) in [5.74, 6) is -0.661. The first-order valence-corrected chi connectivity index (χ1v) is 7.29. The second kappa shape index (κ2) is 5.47. The number of carbonyl (C=O) groups is 2. The number of Topliss-reactive ketones (excluding diaryl/α,β-unsaturated/α-hetero) is 1. The molecule has 112 valence electrons. The molecule has 1 atom stereocenters. The third kappa shape index (κ3) is 2.92. The van der Waals surface area contributed by atoms with E-state index in [1.165, 1.54) is 0 Å². The van der Waals surface area contributed by atoms with E-state index in [2.05, 4.69) is 6.58 Å². The van der Waals surface area contributed by atoms with E-state index in [9.17, 15) is 9.59 Å². The molecule has 0 unspecified atom stereocenters. The fourth-order valence-corrected chi connectivity index (χ4v) is 2.77. The summed E-state index contributed by atoms with van der Waals surface area (Å²) in [5.41, 5.74) is -0.629. The molecule has 0 N–H and O–H groups in total. The molecule has 0 aromatic heterocycles. The summed E-state index contributed by atoms with van der Waals surface area (Å²) >= 11 is 0. The molecule has 0 amide bonds. The molecule has 3 heteroatoms. The molecule has 1 fully saturated rings. The normalized spacial score (nSPS) is 22.1. The first-order valence-electron chi connectivity index (χ1n) is 7.29. The van der Waals surface area contributed by atoms with Crippen LogP contribution in [0, 0.1) is 5.41 Å². The summed E-state index contributed by atoms with van der Waals surface area (Å²) < 4.78 is 5.52. The largest absolute Gasteiger partial charge is 0.459 e. The molecule has 1 aliphatic rings. The molecule has 1 aliphatic carbocycles. The van der Waals surface area contributed by atoms with Gasteiger partial charge in [0.05, 0.1) is 0 Å². The van der Waals surface area contributed by atoms with Crippen molar-refractivity contribution >= 4 is 11.8 Å². The number of benzene rings is 1. The van der Waals surface area contributed by atoms with Gasteiger partial charge in [0.25, 0.3) is 0 Å². The van der Waals surface area contributed by atoms with Gasteiger partial charge in [-0.1, -0.05) is 42.5 Å². The van der Waals surface area contributed by atoms with E-state index in [1.54, 1.807) is 24.3 Å². The third-order valence-electron chi connectivity index (χ3n) is 3.80. The van der Waals surface area contributed by atoms with Crippen LogP contribution in [0.1, 0.15) is 50.4 Å². The zero-order chi connectivity index (χ0) is 15.7. The van der Waals surface area contributed by atoms with Crippen LogP contribution >= 0.6 is 0 Å². The van der Waals surface area contributed by atoms with E-state index in [-0.39, 0.29) is 5.78 Å². The van der Waals surface area contributed by atoms with Crippen LogP contribution in [0.3, 0.4) is 0 Å². The monoisotopic (exact) mass is 286 g/mol. The number of rotatable bonds is 3. The zero-order valence-electron chi connectivity index (χ0n) is 12.9. The molecule has 3 nitrogen and oxygen atoms in total. The highest BCUT2D eigenvalue weighted by molar-refractivity contribution is 6.15. The predicted molar refractivity (Wildman–Crippen MR) is 82.0 cm³/mol. The summed E-state index contributed by atoms with van der Waals surface area (Å²) in [6, 6.07) is 8.92. The maximum Gasteiger partial charge on any atom is 0.324 e. The maximum absolute atomic E-state index is 12.9. The quantitative estimate of drug-likeness (QED) is 0.366. The van der Waals surface area contributed by atoms with Crippen molar-refractivity contribution < 1.29 is 14.3 Å². The maximum atomic E-state index is 12.9. The predicted octanol–water partition coefficient (Wildman–Crippen LogP) is 3.94. The van der Waals surface area contributed by atoms with E-state index in [0.29, 0.717) is 24.0 Å². The molecular formula is C18H22O3. The smallest absolute Gasteiger partial charge is 0.324 e. The summed E-state index contributed by atoms with van der Waals surface area (Å²) in [7, 11) is 0. The average molecular weight is 286 g/mol. The Hall–Kier alpha value is -1.90. The Bertz CT molecular complexity index is 566. The molecule has 0 spiro atoms. The number of carbonyl (C=O) groups excluding carboxylic acids is 2. The van der Waals surface area contributed by atoms with Crippen molar-refractivity contribution in [3.05, 3.63) is 48.0 Å². The van der Waals surface area contributed by atoms with Gasteiger partial charge in [0.1, 0.15) is 5.60 Å². The van der Waals surface area contributed by atoms with Gasteiger partial charge in [-0.15, -0.1) is 0 Å². The van der Waals surface area contributed by atoms with Gasteiger partial charge < -0.3 is 4.74 Å². The lowest BCUT2D eigenvalue weighted by atomic mass is 9.76. The van der Waals surface area contributed by atoms with Gasteiger partial charge >= 0.3 is 5.97 Å². The van der Waals surface area contributed by atoms with Crippen molar-refractivity contribution in [1.29, 1.82) is 0 Å². The molecule has 21 heavy (non-hydrogen) atoms. The molecule has 0 aliphatic heterocycles. The van der Waals surface area contributed by atoms with Crippen molar-refractivity contribution in [2.75, 3.05) is 0 Å². The molecule has 1 saturated carbocycles. The number of esters is 1. The van der Waals surface area contributed by atoms with Crippen LogP contribution in [0.25, 0.3) is 0 Å². The SMILES string of the molecule is C=C1CCC[C@]1(C(=O)OC(C)(C)C)C(=O)c1ccccc1. The summed E-state index contributed by atoms with van der Waals surface area (Å²) in [4.78, 5) is 25.6. The molecule has 0 radical (unpaired) electrons. The fourth-order valence-electron chi connectivity index (χ4n) is 2.77. The number of hydrogen-bond donors (Lipinski definition) is 0. The Labute approximate surface area is 126 Å². The number of ketones is 1. The van der Waals surface area contributed by atoms with Crippen molar-refractivity contribution in [1.82, 2.24) is 0 Å². The van der Waals surface area contributed by atoms with Gasteiger partial charge in [-0.2, -0.15) is 0 Å². The van der Waals surface area contributed by atoms with Crippen LogP contribution in [-0.4, -0.2) is 17.4 Å². The first-order chi connectivity index (χ1) is 9.77. The summed E-state index contributed by atoms with van der Waals surface area (Å²) in [5, 5.41) is 0. The molecule has 0 saturated heterocycles. The van der Waals surface area contributed by atoms with E-state index in [1.807, 2.05) is 26.8 Å². The van der Waals surface area contributed by atoms with E-state index < -0.39 is 17.0 Å². The Balaban J connectivity index is 2.42. The standard InChI is InChI=1S/C18H22O3/c1-13-9-8-12-18(13,16(20)21-17(2,3)4)15(19)14-10-6-5-7-11-14/h5-7,10-11H,1,8-9,12H2,2-4H3/t18-/m1/s1. The lowest BCUT2D eigenvalue weighted by molar-refractivity contribution is -0.162. The Morgan fingerprint density at radius 1 is 1.19 bits per heavy atom. The summed E-state index contributed by atoms with van der Waals surface area (Å²) in [6.45, 7) is 9.41. The minimum absolute atomic E-state index is 0.195. The highest BCUT2D eigenvalue weighted by atomic mass is 16.6. The van der Waals surface area contributed by atoms with Gasteiger partial charge in [-0.05, 0) is 40.0 Å². The Kier molecular flexibility index (Phi) is 4.04. The second-order valence-electron chi connectivity index (χ2n) is 6.56. The molecule has 0 heterocycles. The number of hydrogen-bond acceptors (Lipinski definition) is 3. The third-order valence-corrected chi connectivity index (χ3v) is 3.80. The highest BCUT2D eigenvalue weighted by Crippen LogP contribution is 2.46. The van der Waals surface area contributed by atoms with Crippen molar-refractivity contribution in [2.24, 2.45) is 5.41 Å². The highest BCUT2D eigenvalue weighted by Gasteiger charge is 2.52. The molecule has 0 bridgehead atoms. The van der Waals surface area contributed by atoms with Gasteiger partial charge in [0.2, 0.25) is 0 Å². The Morgan fingerprint density at radius 2 is 1.81 bits per heavy atom. The zero-order valence-corrected chi connectivity index (χ0v) is 12.9. The van der Waals surface area contributed by atoms with Crippen molar-refractivity contribution in [3.63, 3.8) is 0 Å². The fraction of sp³-hybridized carbons (Fsp3) is 0.444. The van der Waals surface area contributed by atoms with E-state index in [4.69, 9.17) is 4.74 Å². The minimum Gasteiger partial charge on any atom is -0.459 e. The molecule has 1 aromatic rings. The molecule has 2 rings (SSSR count).